The molecule has 0 saturated carbocycles. The van der Waals surface area contributed by atoms with Crippen LogP contribution in [0.25, 0.3) is 0 Å². The number of carbonyl (C=O) groups is 1. The van der Waals surface area contributed by atoms with Gasteiger partial charge in [-0.1, -0.05) is 13.8 Å². The van der Waals surface area contributed by atoms with Crippen molar-refractivity contribution in [2.75, 3.05) is 85.9 Å². The maximum Gasteiger partial charge on any atom is 0.302 e. The molecule has 0 fully saturated rings. The Hall–Kier alpha value is -0.770. The van der Waals surface area contributed by atoms with Crippen molar-refractivity contribution in [1.82, 2.24) is 0 Å². The van der Waals surface area contributed by atoms with Crippen molar-refractivity contribution >= 4 is 5.97 Å². The maximum absolute atomic E-state index is 10.5. The summed E-state index contributed by atoms with van der Waals surface area (Å²) < 4.78 is 36.9. The van der Waals surface area contributed by atoms with Gasteiger partial charge < -0.3 is 33.2 Å². The highest BCUT2D eigenvalue weighted by Gasteiger charge is 1.96. The first kappa shape index (κ1) is 25.2. The summed E-state index contributed by atoms with van der Waals surface area (Å²) in [6, 6.07) is 0. The second kappa shape index (κ2) is 20.5. The second-order valence-corrected chi connectivity index (χ2v) is 5.87. The molecule has 0 atom stereocenters. The Bertz CT molecular complexity index is 299. The summed E-state index contributed by atoms with van der Waals surface area (Å²) in [6.45, 7) is 12.4. The molecule has 8 heteroatoms. The van der Waals surface area contributed by atoms with Gasteiger partial charge in [0, 0.05) is 13.5 Å². The predicted octanol–water partition coefficient (Wildman–Crippen LogP) is 1.31. The van der Waals surface area contributed by atoms with Crippen LogP contribution < -0.4 is 0 Å². The first-order valence-electron chi connectivity index (χ1n) is 9.22. The zero-order valence-corrected chi connectivity index (χ0v) is 16.5. The number of hydrogen-bond acceptors (Lipinski definition) is 8. The third-order valence-electron chi connectivity index (χ3n) is 2.84. The Morgan fingerprint density at radius 2 is 0.885 bits per heavy atom. The zero-order chi connectivity index (χ0) is 19.3. The van der Waals surface area contributed by atoms with Crippen LogP contribution in [-0.4, -0.2) is 91.9 Å². The monoisotopic (exact) mass is 380 g/mol. The van der Waals surface area contributed by atoms with Gasteiger partial charge in [0.15, 0.2) is 0 Å². The fourth-order valence-corrected chi connectivity index (χ4v) is 1.66. The third-order valence-corrected chi connectivity index (χ3v) is 2.84. The van der Waals surface area contributed by atoms with Crippen LogP contribution in [0.5, 0.6) is 0 Å². The highest BCUT2D eigenvalue weighted by Crippen LogP contribution is 1.92. The summed E-state index contributed by atoms with van der Waals surface area (Å²) >= 11 is 0. The summed E-state index contributed by atoms with van der Waals surface area (Å²) in [6.07, 6.45) is 0. The molecule has 26 heavy (non-hydrogen) atoms. The second-order valence-electron chi connectivity index (χ2n) is 5.87. The van der Waals surface area contributed by atoms with Crippen LogP contribution in [0, 0.1) is 5.92 Å². The van der Waals surface area contributed by atoms with Crippen LogP contribution in [0.15, 0.2) is 0 Å². The lowest BCUT2D eigenvalue weighted by atomic mass is 10.2. The van der Waals surface area contributed by atoms with E-state index >= 15 is 0 Å². The molecule has 0 aliphatic carbocycles. The molecule has 156 valence electrons. The van der Waals surface area contributed by atoms with E-state index in [1.54, 1.807) is 0 Å². The standard InChI is InChI=1S/C18H36O8/c1-17(2)16-25-13-12-23-9-8-21-5-4-20-6-7-22-10-11-24-14-15-26-18(3)19/h17H,4-16H2,1-3H3. The molecule has 0 amide bonds. The predicted molar refractivity (Wildman–Crippen MR) is 96.4 cm³/mol. The van der Waals surface area contributed by atoms with Gasteiger partial charge in [-0.15, -0.1) is 0 Å². The van der Waals surface area contributed by atoms with Gasteiger partial charge in [-0.2, -0.15) is 0 Å². The molecule has 0 aliphatic heterocycles. The van der Waals surface area contributed by atoms with Crippen LogP contribution in [0.2, 0.25) is 0 Å². The van der Waals surface area contributed by atoms with E-state index in [4.69, 9.17) is 33.2 Å². The molecule has 8 nitrogen and oxygen atoms in total. The molecule has 0 aliphatic rings. The fourth-order valence-electron chi connectivity index (χ4n) is 1.66. The van der Waals surface area contributed by atoms with E-state index in [2.05, 4.69) is 13.8 Å². The van der Waals surface area contributed by atoms with Crippen LogP contribution in [-0.2, 0) is 38.0 Å². The summed E-state index contributed by atoms with van der Waals surface area (Å²) in [7, 11) is 0. The molecule has 0 aromatic carbocycles. The lowest BCUT2D eigenvalue weighted by Gasteiger charge is -2.09. The third kappa shape index (κ3) is 23.2. The summed E-state index contributed by atoms with van der Waals surface area (Å²) in [5, 5.41) is 0. The first-order chi connectivity index (χ1) is 12.6. The number of esters is 1. The molecular weight excluding hydrogens is 344 g/mol. The number of carbonyl (C=O) groups excluding carboxylic acids is 1. The molecule has 0 radical (unpaired) electrons. The van der Waals surface area contributed by atoms with Crippen molar-refractivity contribution < 1.29 is 38.0 Å². The van der Waals surface area contributed by atoms with E-state index in [-0.39, 0.29) is 12.6 Å². The van der Waals surface area contributed by atoms with Crippen molar-refractivity contribution in [2.45, 2.75) is 20.8 Å². The van der Waals surface area contributed by atoms with Gasteiger partial charge in [0.1, 0.15) is 6.61 Å². The van der Waals surface area contributed by atoms with Crippen molar-refractivity contribution in [3.8, 4) is 0 Å². The van der Waals surface area contributed by atoms with Gasteiger partial charge in [-0.05, 0) is 5.92 Å². The van der Waals surface area contributed by atoms with E-state index < -0.39 is 0 Å². The summed E-state index contributed by atoms with van der Waals surface area (Å²) in [4.78, 5) is 10.5. The Kier molecular flexibility index (Phi) is 19.9. The topological polar surface area (TPSA) is 81.7 Å². The van der Waals surface area contributed by atoms with Gasteiger partial charge in [0.2, 0.25) is 0 Å². The van der Waals surface area contributed by atoms with Gasteiger partial charge in [-0.3, -0.25) is 4.79 Å². The molecule has 0 heterocycles. The minimum Gasteiger partial charge on any atom is -0.463 e. The molecule has 0 rings (SSSR count). The lowest BCUT2D eigenvalue weighted by molar-refractivity contribution is -0.142. The van der Waals surface area contributed by atoms with E-state index in [9.17, 15) is 4.79 Å². The largest absolute Gasteiger partial charge is 0.463 e. The van der Waals surface area contributed by atoms with Crippen molar-refractivity contribution in [3.63, 3.8) is 0 Å². The Morgan fingerprint density at radius 1 is 0.577 bits per heavy atom. The molecule has 0 spiro atoms. The van der Waals surface area contributed by atoms with Crippen LogP contribution >= 0.6 is 0 Å². The molecule has 0 bridgehead atoms. The first-order valence-corrected chi connectivity index (χ1v) is 9.22. The van der Waals surface area contributed by atoms with E-state index in [0.29, 0.717) is 78.6 Å². The van der Waals surface area contributed by atoms with Crippen LogP contribution in [0.4, 0.5) is 0 Å². The SMILES string of the molecule is CC(=O)OCCOCCOCCOCCOCCOCCOCC(C)C. The van der Waals surface area contributed by atoms with E-state index in [1.165, 1.54) is 6.92 Å². The van der Waals surface area contributed by atoms with Crippen LogP contribution in [0.3, 0.4) is 0 Å². The molecule has 0 unspecified atom stereocenters. The van der Waals surface area contributed by atoms with E-state index in [1.807, 2.05) is 0 Å². The van der Waals surface area contributed by atoms with Crippen molar-refractivity contribution in [3.05, 3.63) is 0 Å². The van der Waals surface area contributed by atoms with Crippen molar-refractivity contribution in [2.24, 2.45) is 5.92 Å². The maximum atomic E-state index is 10.5. The fraction of sp³-hybridized carbons (Fsp3) is 0.944. The Morgan fingerprint density at radius 3 is 1.19 bits per heavy atom. The molecule has 0 N–H and O–H groups in total. The van der Waals surface area contributed by atoms with Crippen LogP contribution in [0.1, 0.15) is 20.8 Å². The van der Waals surface area contributed by atoms with Crippen molar-refractivity contribution in [1.29, 1.82) is 0 Å². The molecule has 0 aromatic heterocycles. The Labute approximate surface area is 157 Å². The van der Waals surface area contributed by atoms with Gasteiger partial charge >= 0.3 is 5.97 Å². The van der Waals surface area contributed by atoms with Gasteiger partial charge in [0.05, 0.1) is 72.7 Å². The molecule has 0 aromatic rings. The number of hydrogen-bond donors (Lipinski definition) is 0. The molecular formula is C18H36O8. The Balaban J connectivity index is 3.00. The number of ether oxygens (including phenoxy) is 7. The minimum atomic E-state index is -0.301. The minimum absolute atomic E-state index is 0.273. The lowest BCUT2D eigenvalue weighted by Crippen LogP contribution is -2.15. The summed E-state index contributed by atoms with van der Waals surface area (Å²) in [5.41, 5.74) is 0. The van der Waals surface area contributed by atoms with Gasteiger partial charge in [-0.25, -0.2) is 0 Å². The van der Waals surface area contributed by atoms with E-state index in [0.717, 1.165) is 6.61 Å². The highest BCUT2D eigenvalue weighted by molar-refractivity contribution is 5.65. The number of rotatable bonds is 20. The van der Waals surface area contributed by atoms with Gasteiger partial charge in [0.25, 0.3) is 0 Å². The highest BCUT2D eigenvalue weighted by atomic mass is 16.6. The molecule has 0 saturated heterocycles. The smallest absolute Gasteiger partial charge is 0.302 e. The summed E-state index contributed by atoms with van der Waals surface area (Å²) in [5.74, 6) is 0.251. The average molecular weight is 380 g/mol. The average Bonchev–Trinajstić information content (AvgIpc) is 2.59. The normalized spacial score (nSPS) is 11.2. The quantitative estimate of drug-likeness (QED) is 0.231. The zero-order valence-electron chi connectivity index (χ0n) is 16.5.